The van der Waals surface area contributed by atoms with E-state index in [1.807, 2.05) is 25.1 Å². The molecule has 1 aromatic rings. The summed E-state index contributed by atoms with van der Waals surface area (Å²) in [5, 5.41) is 2.52. The van der Waals surface area contributed by atoms with Crippen molar-refractivity contribution >= 4 is 24.5 Å². The van der Waals surface area contributed by atoms with Crippen LogP contribution in [0.4, 0.5) is 0 Å². The number of hydrogen-bond donors (Lipinski definition) is 2. The molecule has 0 saturated carbocycles. The topological polar surface area (TPSA) is 55.4 Å². The van der Waals surface area contributed by atoms with E-state index in [9.17, 15) is 9.59 Å². The van der Waals surface area contributed by atoms with Gasteiger partial charge >= 0.3 is 5.97 Å². The zero-order valence-corrected chi connectivity index (χ0v) is 13.2. The van der Waals surface area contributed by atoms with Crippen LogP contribution in [0.1, 0.15) is 37.8 Å². The van der Waals surface area contributed by atoms with Crippen molar-refractivity contribution in [1.82, 2.24) is 5.32 Å². The molecule has 0 spiro atoms. The molecule has 5 heteroatoms. The lowest BCUT2D eigenvalue weighted by Crippen LogP contribution is -2.43. The first-order valence-electron chi connectivity index (χ1n) is 6.55. The summed E-state index contributed by atoms with van der Waals surface area (Å²) in [6.07, 6.45) is 0. The molecule has 0 aromatic heterocycles. The molecule has 1 N–H and O–H groups in total. The molecule has 110 valence electrons. The van der Waals surface area contributed by atoms with Crippen LogP contribution in [0.3, 0.4) is 0 Å². The predicted octanol–water partition coefficient (Wildman–Crippen LogP) is 2.46. The number of aryl methyl sites for hydroxylation is 1. The van der Waals surface area contributed by atoms with Gasteiger partial charge in [-0.15, -0.1) is 0 Å². The minimum Gasteiger partial charge on any atom is -0.425 e. The largest absolute Gasteiger partial charge is 0.425 e. The lowest BCUT2D eigenvalue weighted by atomic mass is 10.0. The van der Waals surface area contributed by atoms with Crippen LogP contribution in [0.15, 0.2) is 18.2 Å². The Balaban J connectivity index is 2.88. The molecule has 4 nitrogen and oxygen atoms in total. The van der Waals surface area contributed by atoms with Crippen molar-refractivity contribution in [2.75, 3.05) is 5.75 Å². The van der Waals surface area contributed by atoms with E-state index in [1.165, 1.54) is 6.92 Å². The molecule has 0 aliphatic carbocycles. The van der Waals surface area contributed by atoms with Crippen LogP contribution in [-0.4, -0.2) is 23.7 Å². The van der Waals surface area contributed by atoms with Gasteiger partial charge in [0.15, 0.2) is 0 Å². The van der Waals surface area contributed by atoms with Gasteiger partial charge in [0.2, 0.25) is 5.91 Å². The molecule has 0 unspecified atom stereocenters. The van der Waals surface area contributed by atoms with Crippen molar-refractivity contribution < 1.29 is 14.3 Å². The molecular formula is C15H21NO3S. The highest BCUT2D eigenvalue weighted by Crippen LogP contribution is 2.24. The Morgan fingerprint density at radius 2 is 2.00 bits per heavy atom. The monoisotopic (exact) mass is 295 g/mol. The summed E-state index contributed by atoms with van der Waals surface area (Å²) in [6, 6.07) is 5.06. The number of rotatable bonds is 5. The number of nitrogens with one attached hydrogen (secondary N) is 1. The molecule has 0 aliphatic rings. The highest BCUT2D eigenvalue weighted by molar-refractivity contribution is 7.80. The second kappa shape index (κ2) is 7.33. The first-order valence-corrected chi connectivity index (χ1v) is 7.18. The summed E-state index contributed by atoms with van der Waals surface area (Å²) in [5.74, 6) is 0.289. The summed E-state index contributed by atoms with van der Waals surface area (Å²) >= 11 is 4.06. The van der Waals surface area contributed by atoms with E-state index in [0.29, 0.717) is 11.7 Å². The van der Waals surface area contributed by atoms with Gasteiger partial charge in [-0.2, -0.15) is 12.6 Å². The Morgan fingerprint density at radius 3 is 2.50 bits per heavy atom. The molecular weight excluding hydrogens is 274 g/mol. The Morgan fingerprint density at radius 1 is 1.35 bits per heavy atom. The number of thiol groups is 1. The third-order valence-electron chi connectivity index (χ3n) is 2.93. The predicted molar refractivity (Wildman–Crippen MR) is 82.4 cm³/mol. The number of amides is 1. The quantitative estimate of drug-likeness (QED) is 0.498. The Bertz CT molecular complexity index is 500. The van der Waals surface area contributed by atoms with Gasteiger partial charge < -0.3 is 10.1 Å². The number of ether oxygens (including phenoxy) is 1. The molecule has 20 heavy (non-hydrogen) atoms. The highest BCUT2D eigenvalue weighted by atomic mass is 32.1. The lowest BCUT2D eigenvalue weighted by molar-refractivity contribution is -0.138. The fourth-order valence-corrected chi connectivity index (χ4v) is 1.93. The molecule has 0 heterocycles. The minimum atomic E-state index is -0.738. The summed E-state index contributed by atoms with van der Waals surface area (Å²) in [5.41, 5.74) is 1.98. The zero-order valence-electron chi connectivity index (χ0n) is 12.3. The molecule has 1 rings (SSSR count). The number of carbonyl (C=O) groups excluding carboxylic acids is 2. The van der Waals surface area contributed by atoms with Gasteiger partial charge in [0.05, 0.1) is 0 Å². The number of hydrogen-bond acceptors (Lipinski definition) is 4. The minimum absolute atomic E-state index is 0.196. The van der Waals surface area contributed by atoms with Gasteiger partial charge in [-0.25, -0.2) is 4.79 Å². The summed E-state index contributed by atoms with van der Waals surface area (Å²) in [7, 11) is 0. The molecule has 1 atom stereocenters. The first-order chi connectivity index (χ1) is 9.35. The highest BCUT2D eigenvalue weighted by Gasteiger charge is 2.21. The summed E-state index contributed by atoms with van der Waals surface area (Å²) < 4.78 is 5.39. The van der Waals surface area contributed by atoms with E-state index >= 15 is 0 Å². The zero-order chi connectivity index (χ0) is 15.3. The molecule has 0 radical (unpaired) electrons. The lowest BCUT2D eigenvalue weighted by Gasteiger charge is -2.16. The van der Waals surface area contributed by atoms with E-state index in [-0.39, 0.29) is 11.7 Å². The average Bonchev–Trinajstić information content (AvgIpc) is 2.37. The SMILES string of the molecule is CC(=O)N[C@@H](CS)C(=O)Oc1cc(C(C)C)ccc1C. The molecule has 1 amide bonds. The molecule has 0 saturated heterocycles. The molecule has 1 aromatic carbocycles. The van der Waals surface area contributed by atoms with Crippen molar-refractivity contribution in [2.24, 2.45) is 0 Å². The van der Waals surface area contributed by atoms with E-state index in [4.69, 9.17) is 4.74 Å². The second-order valence-electron chi connectivity index (χ2n) is 5.04. The van der Waals surface area contributed by atoms with Crippen LogP contribution in [-0.2, 0) is 9.59 Å². The first kappa shape index (κ1) is 16.6. The van der Waals surface area contributed by atoms with Gasteiger partial charge in [0.25, 0.3) is 0 Å². The third-order valence-corrected chi connectivity index (χ3v) is 3.30. The number of benzene rings is 1. The van der Waals surface area contributed by atoms with Crippen LogP contribution in [0, 0.1) is 6.92 Å². The third kappa shape index (κ3) is 4.56. The number of carbonyl (C=O) groups is 2. The fourth-order valence-electron chi connectivity index (χ4n) is 1.69. The molecule has 0 bridgehead atoms. The van der Waals surface area contributed by atoms with Crippen LogP contribution in [0.5, 0.6) is 5.75 Å². The Labute approximate surface area is 125 Å². The van der Waals surface area contributed by atoms with Crippen LogP contribution in [0.2, 0.25) is 0 Å². The van der Waals surface area contributed by atoms with E-state index < -0.39 is 12.0 Å². The van der Waals surface area contributed by atoms with Crippen molar-refractivity contribution in [3.05, 3.63) is 29.3 Å². The molecule has 0 aliphatic heterocycles. The maximum Gasteiger partial charge on any atom is 0.334 e. The van der Waals surface area contributed by atoms with Crippen molar-refractivity contribution in [2.45, 2.75) is 39.7 Å². The normalized spacial score (nSPS) is 12.1. The number of esters is 1. The standard InChI is InChI=1S/C15H21NO3S/c1-9(2)12-6-5-10(3)14(7-12)19-15(18)13(8-20)16-11(4)17/h5-7,9,13,20H,8H2,1-4H3,(H,16,17)/t13-/m0/s1. The Kier molecular flexibility index (Phi) is 6.07. The maximum atomic E-state index is 12.0. The summed E-state index contributed by atoms with van der Waals surface area (Å²) in [6.45, 7) is 7.38. The van der Waals surface area contributed by atoms with Gasteiger partial charge in [-0.1, -0.05) is 26.0 Å². The van der Waals surface area contributed by atoms with Crippen molar-refractivity contribution in [3.8, 4) is 5.75 Å². The Hall–Kier alpha value is -1.49. The van der Waals surface area contributed by atoms with E-state index in [0.717, 1.165) is 11.1 Å². The van der Waals surface area contributed by atoms with Gasteiger partial charge in [-0.05, 0) is 30.0 Å². The smallest absolute Gasteiger partial charge is 0.334 e. The molecule has 0 fully saturated rings. The fraction of sp³-hybridized carbons (Fsp3) is 0.467. The maximum absolute atomic E-state index is 12.0. The summed E-state index contributed by atoms with van der Waals surface area (Å²) in [4.78, 5) is 23.1. The van der Waals surface area contributed by atoms with Gasteiger partial charge in [-0.3, -0.25) is 4.79 Å². The van der Waals surface area contributed by atoms with Gasteiger partial charge in [0, 0.05) is 12.7 Å². The van der Waals surface area contributed by atoms with Crippen LogP contribution in [0.25, 0.3) is 0 Å². The average molecular weight is 295 g/mol. The van der Waals surface area contributed by atoms with E-state index in [2.05, 4.69) is 31.8 Å². The van der Waals surface area contributed by atoms with E-state index in [1.54, 1.807) is 0 Å². The van der Waals surface area contributed by atoms with Crippen LogP contribution < -0.4 is 10.1 Å². The van der Waals surface area contributed by atoms with Gasteiger partial charge in [0.1, 0.15) is 11.8 Å². The van der Waals surface area contributed by atoms with Crippen molar-refractivity contribution in [1.29, 1.82) is 0 Å². The van der Waals surface area contributed by atoms with Crippen LogP contribution >= 0.6 is 12.6 Å². The van der Waals surface area contributed by atoms with Crippen molar-refractivity contribution in [3.63, 3.8) is 0 Å². The second-order valence-corrected chi connectivity index (χ2v) is 5.40.